The van der Waals surface area contributed by atoms with E-state index in [0.717, 1.165) is 17.4 Å². The van der Waals surface area contributed by atoms with Crippen molar-refractivity contribution in [3.63, 3.8) is 0 Å². The molecule has 5 nitrogen and oxygen atoms in total. The summed E-state index contributed by atoms with van der Waals surface area (Å²) in [6.07, 6.45) is 4.85. The number of methoxy groups -OCH3 is 1. The highest BCUT2D eigenvalue weighted by atomic mass is 32.2. The summed E-state index contributed by atoms with van der Waals surface area (Å²) in [5.74, 6) is 0.892. The number of carbonyl (C=O) groups excluding carboxylic acids is 1. The van der Waals surface area contributed by atoms with Crippen LogP contribution in [0.15, 0.2) is 10.5 Å². The molecule has 0 bridgehead atoms. The third kappa shape index (κ3) is 2.85. The lowest BCUT2D eigenvalue weighted by Gasteiger charge is -2.12. The quantitative estimate of drug-likeness (QED) is 0.639. The molecule has 0 spiro atoms. The maximum absolute atomic E-state index is 11.2. The summed E-state index contributed by atoms with van der Waals surface area (Å²) >= 11 is 3.18. The number of ether oxygens (including phenoxy) is 1. The Balaban J connectivity index is 1.85. The summed E-state index contributed by atoms with van der Waals surface area (Å²) in [6, 6.07) is 0. The van der Waals surface area contributed by atoms with Crippen LogP contribution >= 0.6 is 23.1 Å². The minimum Gasteiger partial charge on any atom is -0.468 e. The Morgan fingerprint density at radius 1 is 1.43 bits per heavy atom. The maximum Gasteiger partial charge on any atom is 0.316 e. The first-order chi connectivity index (χ1) is 10.2. The first-order valence-electron chi connectivity index (χ1n) is 6.89. The van der Waals surface area contributed by atoms with Crippen molar-refractivity contribution in [1.82, 2.24) is 14.8 Å². The zero-order valence-corrected chi connectivity index (χ0v) is 13.7. The number of rotatable bonds is 4. The fraction of sp³-hybridized carbons (Fsp3) is 0.500. The fourth-order valence-electron chi connectivity index (χ4n) is 2.54. The monoisotopic (exact) mass is 323 g/mol. The lowest BCUT2D eigenvalue weighted by Crippen LogP contribution is -2.05. The number of aryl methyl sites for hydroxylation is 1. The van der Waals surface area contributed by atoms with Gasteiger partial charge in [-0.15, -0.1) is 21.5 Å². The van der Waals surface area contributed by atoms with Gasteiger partial charge in [-0.1, -0.05) is 11.8 Å². The molecule has 2 aromatic heterocycles. The second-order valence-corrected chi connectivity index (χ2v) is 6.89. The molecule has 7 heteroatoms. The van der Waals surface area contributed by atoms with Gasteiger partial charge in [0.25, 0.3) is 0 Å². The Morgan fingerprint density at radius 3 is 3.05 bits per heavy atom. The van der Waals surface area contributed by atoms with Crippen LogP contribution in [0.3, 0.4) is 0 Å². The molecule has 2 aromatic rings. The van der Waals surface area contributed by atoms with Crippen LogP contribution < -0.4 is 0 Å². The number of fused-ring (bicyclic) bond motifs is 1. The van der Waals surface area contributed by atoms with Crippen molar-refractivity contribution < 1.29 is 9.53 Å². The van der Waals surface area contributed by atoms with Crippen LogP contribution in [0.1, 0.15) is 23.3 Å². The minimum atomic E-state index is -0.252. The largest absolute Gasteiger partial charge is 0.468 e. The van der Waals surface area contributed by atoms with Crippen molar-refractivity contribution in [1.29, 1.82) is 0 Å². The van der Waals surface area contributed by atoms with Crippen LogP contribution in [0.2, 0.25) is 0 Å². The first kappa shape index (κ1) is 14.6. The van der Waals surface area contributed by atoms with E-state index in [2.05, 4.69) is 20.3 Å². The summed E-state index contributed by atoms with van der Waals surface area (Å²) < 4.78 is 6.61. The number of nitrogens with zero attached hydrogens (tertiary/aromatic N) is 3. The second-order valence-electron chi connectivity index (χ2n) is 4.99. The first-order valence-corrected chi connectivity index (χ1v) is 8.76. The van der Waals surface area contributed by atoms with Crippen molar-refractivity contribution in [2.45, 2.75) is 30.8 Å². The number of thioether (sulfide) groups is 1. The van der Waals surface area contributed by atoms with Crippen LogP contribution in [0, 0.1) is 0 Å². The molecule has 0 N–H and O–H groups in total. The highest BCUT2D eigenvalue weighted by molar-refractivity contribution is 7.99. The maximum atomic E-state index is 11.2. The molecule has 3 rings (SSSR count). The summed E-state index contributed by atoms with van der Waals surface area (Å²) in [4.78, 5) is 12.7. The minimum absolute atomic E-state index is 0.252. The lowest BCUT2D eigenvalue weighted by molar-refractivity contribution is -0.137. The van der Waals surface area contributed by atoms with Crippen LogP contribution in [0.5, 0.6) is 0 Å². The SMILES string of the molecule is COC(=O)CSc1nnc(-c2csc3c2CCCC3)n1C. The number of hydrogen-bond donors (Lipinski definition) is 0. The highest BCUT2D eigenvalue weighted by Crippen LogP contribution is 2.36. The van der Waals surface area contributed by atoms with E-state index >= 15 is 0 Å². The van der Waals surface area contributed by atoms with Crippen molar-refractivity contribution >= 4 is 29.1 Å². The molecule has 1 aliphatic carbocycles. The van der Waals surface area contributed by atoms with Gasteiger partial charge in [0.05, 0.1) is 12.9 Å². The standard InChI is InChI=1S/C14H17N3O2S2/c1-17-13(15-16-14(17)21-8-12(18)19-2)10-7-20-11-6-4-3-5-9(10)11/h7H,3-6,8H2,1-2H3. The molecule has 0 aliphatic heterocycles. The van der Waals surface area contributed by atoms with Gasteiger partial charge in [0, 0.05) is 22.9 Å². The number of esters is 1. The van der Waals surface area contributed by atoms with Gasteiger partial charge in [-0.3, -0.25) is 4.79 Å². The molecule has 0 fully saturated rings. The zero-order valence-electron chi connectivity index (χ0n) is 12.1. The second kappa shape index (κ2) is 6.19. The summed E-state index contributed by atoms with van der Waals surface area (Å²) in [7, 11) is 3.34. The van der Waals surface area contributed by atoms with E-state index in [1.165, 1.54) is 54.1 Å². The number of aromatic nitrogens is 3. The van der Waals surface area contributed by atoms with Gasteiger partial charge >= 0.3 is 5.97 Å². The molecule has 21 heavy (non-hydrogen) atoms. The molecule has 1 aliphatic rings. The van der Waals surface area contributed by atoms with E-state index in [9.17, 15) is 4.79 Å². The van der Waals surface area contributed by atoms with Gasteiger partial charge in [-0.05, 0) is 31.2 Å². The normalized spacial score (nSPS) is 14.0. The molecular weight excluding hydrogens is 306 g/mol. The zero-order chi connectivity index (χ0) is 14.8. The van der Waals surface area contributed by atoms with Crippen LogP contribution in [0.25, 0.3) is 11.4 Å². The molecule has 112 valence electrons. The fourth-order valence-corrected chi connectivity index (χ4v) is 4.41. The van der Waals surface area contributed by atoms with Crippen LogP contribution in [-0.2, 0) is 29.4 Å². The van der Waals surface area contributed by atoms with Gasteiger partial charge in [0.2, 0.25) is 0 Å². The molecule has 0 radical (unpaired) electrons. The van der Waals surface area contributed by atoms with E-state index in [1.807, 2.05) is 23.0 Å². The van der Waals surface area contributed by atoms with Crippen molar-refractivity contribution in [3.05, 3.63) is 15.8 Å². The van der Waals surface area contributed by atoms with Crippen LogP contribution in [0.4, 0.5) is 0 Å². The van der Waals surface area contributed by atoms with Gasteiger partial charge < -0.3 is 9.30 Å². The van der Waals surface area contributed by atoms with E-state index in [0.29, 0.717) is 0 Å². The van der Waals surface area contributed by atoms with Crippen LogP contribution in [-0.4, -0.2) is 33.6 Å². The van der Waals surface area contributed by atoms with Crippen molar-refractivity contribution in [3.8, 4) is 11.4 Å². The molecule has 2 heterocycles. The number of thiophene rings is 1. The molecule has 0 saturated carbocycles. The van der Waals surface area contributed by atoms with Gasteiger partial charge in [0.15, 0.2) is 11.0 Å². The molecule has 0 saturated heterocycles. The average molecular weight is 323 g/mol. The topological polar surface area (TPSA) is 57.0 Å². The Morgan fingerprint density at radius 2 is 2.24 bits per heavy atom. The Hall–Kier alpha value is -1.34. The number of carbonyl (C=O) groups is 1. The third-order valence-electron chi connectivity index (χ3n) is 3.68. The summed E-state index contributed by atoms with van der Waals surface area (Å²) in [5, 5.41) is 11.4. The average Bonchev–Trinajstić information content (AvgIpc) is 3.08. The molecule has 0 atom stereocenters. The lowest BCUT2D eigenvalue weighted by atomic mass is 9.96. The van der Waals surface area contributed by atoms with E-state index < -0.39 is 0 Å². The molecular formula is C14H17N3O2S2. The molecule has 0 aromatic carbocycles. The smallest absolute Gasteiger partial charge is 0.316 e. The van der Waals surface area contributed by atoms with E-state index in [-0.39, 0.29) is 11.7 Å². The van der Waals surface area contributed by atoms with Crippen molar-refractivity contribution in [2.24, 2.45) is 7.05 Å². The highest BCUT2D eigenvalue weighted by Gasteiger charge is 2.21. The Bertz CT molecular complexity index is 663. The van der Waals surface area contributed by atoms with E-state index in [4.69, 9.17) is 0 Å². The Labute approximate surface area is 131 Å². The Kier molecular flexibility index (Phi) is 4.30. The number of hydrogen-bond acceptors (Lipinski definition) is 6. The van der Waals surface area contributed by atoms with Gasteiger partial charge in [-0.2, -0.15) is 0 Å². The van der Waals surface area contributed by atoms with Crippen molar-refractivity contribution in [2.75, 3.05) is 12.9 Å². The summed E-state index contributed by atoms with van der Waals surface area (Å²) in [6.45, 7) is 0. The third-order valence-corrected chi connectivity index (χ3v) is 5.77. The van der Waals surface area contributed by atoms with E-state index in [1.54, 1.807) is 0 Å². The van der Waals surface area contributed by atoms with Gasteiger partial charge in [0.1, 0.15) is 0 Å². The van der Waals surface area contributed by atoms with Gasteiger partial charge in [-0.25, -0.2) is 0 Å². The molecule has 0 unspecified atom stereocenters. The predicted molar refractivity (Wildman–Crippen MR) is 83.7 cm³/mol. The summed E-state index contributed by atoms with van der Waals surface area (Å²) in [5.41, 5.74) is 2.64. The molecule has 0 amide bonds. The predicted octanol–water partition coefficient (Wildman–Crippen LogP) is 2.69.